The third kappa shape index (κ3) is 3.47. The quantitative estimate of drug-likeness (QED) is 0.605. The van der Waals surface area contributed by atoms with E-state index in [0.717, 1.165) is 16.6 Å². The Morgan fingerprint density at radius 3 is 2.65 bits per heavy atom. The van der Waals surface area contributed by atoms with Crippen molar-refractivity contribution in [3.05, 3.63) is 34.2 Å². The first-order valence-electron chi connectivity index (χ1n) is 6.28. The molecule has 0 saturated carbocycles. The molecule has 4 N–H and O–H groups in total. The van der Waals surface area contributed by atoms with Crippen LogP contribution in [0.3, 0.4) is 0 Å². The minimum Gasteiger partial charge on any atom is -0.309 e. The summed E-state index contributed by atoms with van der Waals surface area (Å²) in [6.45, 7) is 2.30. The molecule has 0 aliphatic rings. The van der Waals surface area contributed by atoms with E-state index in [4.69, 9.17) is 0 Å². The molecule has 0 spiro atoms. The van der Waals surface area contributed by atoms with Gasteiger partial charge >= 0.3 is 5.69 Å². The van der Waals surface area contributed by atoms with Crippen molar-refractivity contribution in [1.82, 2.24) is 20.0 Å². The fraction of sp³-hybridized carbons (Fsp3) is 0.417. The van der Waals surface area contributed by atoms with Gasteiger partial charge in [-0.1, -0.05) is 6.07 Å². The summed E-state index contributed by atoms with van der Waals surface area (Å²) >= 11 is 0. The number of benzene rings is 1. The second-order valence-corrected chi connectivity index (χ2v) is 6.63. The Kier molecular flexibility index (Phi) is 4.26. The van der Waals surface area contributed by atoms with Gasteiger partial charge in [0.1, 0.15) is 0 Å². The van der Waals surface area contributed by atoms with Crippen LogP contribution in [0.4, 0.5) is 0 Å². The van der Waals surface area contributed by atoms with E-state index in [1.807, 2.05) is 25.1 Å². The van der Waals surface area contributed by atoms with Gasteiger partial charge in [0.15, 0.2) is 0 Å². The lowest BCUT2D eigenvalue weighted by Crippen LogP contribution is -2.30. The van der Waals surface area contributed by atoms with Gasteiger partial charge in [-0.05, 0) is 31.7 Å². The predicted molar refractivity (Wildman–Crippen MR) is 78.2 cm³/mol. The van der Waals surface area contributed by atoms with E-state index in [1.165, 1.54) is 7.05 Å². The molecule has 0 fully saturated rings. The van der Waals surface area contributed by atoms with Crippen LogP contribution >= 0.6 is 0 Å². The average Bonchev–Trinajstić information content (AvgIpc) is 2.77. The number of H-pyrrole nitrogens is 2. The molecule has 2 aromatic rings. The van der Waals surface area contributed by atoms with Crippen LogP contribution in [0.2, 0.25) is 0 Å². The Labute approximate surface area is 116 Å². The van der Waals surface area contributed by atoms with E-state index in [0.29, 0.717) is 6.54 Å². The second-order valence-electron chi connectivity index (χ2n) is 4.58. The molecule has 0 radical (unpaired) electrons. The normalized spacial score (nSPS) is 13.7. The van der Waals surface area contributed by atoms with Gasteiger partial charge in [0.2, 0.25) is 10.0 Å². The molecule has 7 nitrogen and oxygen atoms in total. The summed E-state index contributed by atoms with van der Waals surface area (Å²) in [7, 11) is -1.80. The number of aromatic nitrogens is 2. The number of nitrogens with one attached hydrogen (secondary N) is 4. The molecule has 1 heterocycles. The molecule has 2 rings (SSSR count). The molecule has 0 aliphatic carbocycles. The van der Waals surface area contributed by atoms with E-state index in [9.17, 15) is 13.2 Å². The first-order valence-corrected chi connectivity index (χ1v) is 7.93. The van der Waals surface area contributed by atoms with E-state index in [2.05, 4.69) is 20.0 Å². The Balaban J connectivity index is 2.03. The van der Waals surface area contributed by atoms with Crippen molar-refractivity contribution in [1.29, 1.82) is 0 Å². The van der Waals surface area contributed by atoms with E-state index in [1.54, 1.807) is 0 Å². The minimum absolute atomic E-state index is 0.00939. The van der Waals surface area contributed by atoms with Gasteiger partial charge in [0, 0.05) is 12.6 Å². The van der Waals surface area contributed by atoms with Crippen LogP contribution in [0.25, 0.3) is 11.0 Å². The smallest absolute Gasteiger partial charge is 0.309 e. The zero-order valence-corrected chi connectivity index (χ0v) is 12.2. The molecule has 0 saturated heterocycles. The van der Waals surface area contributed by atoms with Crippen molar-refractivity contribution in [3.63, 3.8) is 0 Å². The van der Waals surface area contributed by atoms with E-state index < -0.39 is 10.0 Å². The lowest BCUT2D eigenvalue weighted by atomic mass is 10.1. The van der Waals surface area contributed by atoms with Crippen LogP contribution in [0.1, 0.15) is 18.5 Å². The fourth-order valence-electron chi connectivity index (χ4n) is 1.95. The Hall–Kier alpha value is -1.64. The number of fused-ring (bicyclic) bond motifs is 1. The number of hydrogen-bond donors (Lipinski definition) is 4. The van der Waals surface area contributed by atoms with Crippen molar-refractivity contribution in [2.45, 2.75) is 13.0 Å². The van der Waals surface area contributed by atoms with E-state index >= 15 is 0 Å². The fourth-order valence-corrected chi connectivity index (χ4v) is 2.54. The highest BCUT2D eigenvalue weighted by Crippen LogP contribution is 2.16. The number of rotatable bonds is 6. The molecule has 20 heavy (non-hydrogen) atoms. The summed E-state index contributed by atoms with van der Waals surface area (Å²) in [5, 5.41) is 3.14. The highest BCUT2D eigenvalue weighted by atomic mass is 32.2. The summed E-state index contributed by atoms with van der Waals surface area (Å²) in [6.07, 6.45) is 0. The van der Waals surface area contributed by atoms with E-state index in [-0.39, 0.29) is 17.5 Å². The Bertz CT molecular complexity index is 747. The van der Waals surface area contributed by atoms with Crippen molar-refractivity contribution in [2.24, 2.45) is 0 Å². The first-order chi connectivity index (χ1) is 9.41. The van der Waals surface area contributed by atoms with Gasteiger partial charge in [-0.15, -0.1) is 0 Å². The molecule has 1 aromatic carbocycles. The largest absolute Gasteiger partial charge is 0.323 e. The molecular weight excluding hydrogens is 280 g/mol. The van der Waals surface area contributed by atoms with Crippen LogP contribution in [0.15, 0.2) is 23.0 Å². The minimum atomic E-state index is -3.19. The maximum atomic E-state index is 11.3. The lowest BCUT2D eigenvalue weighted by Gasteiger charge is -2.14. The first kappa shape index (κ1) is 14.8. The average molecular weight is 298 g/mol. The van der Waals surface area contributed by atoms with Gasteiger partial charge in [0.25, 0.3) is 0 Å². The maximum absolute atomic E-state index is 11.3. The third-order valence-electron chi connectivity index (χ3n) is 3.17. The molecule has 0 bridgehead atoms. The highest BCUT2D eigenvalue weighted by Gasteiger charge is 2.10. The molecule has 0 aliphatic heterocycles. The molecular formula is C12H18N4O3S. The summed E-state index contributed by atoms with van der Waals surface area (Å²) < 4.78 is 24.9. The Morgan fingerprint density at radius 2 is 1.95 bits per heavy atom. The second kappa shape index (κ2) is 5.78. The zero-order valence-electron chi connectivity index (χ0n) is 11.4. The Morgan fingerprint density at radius 1 is 1.25 bits per heavy atom. The summed E-state index contributed by atoms with van der Waals surface area (Å²) in [4.78, 5) is 16.6. The summed E-state index contributed by atoms with van der Waals surface area (Å²) in [6, 6.07) is 5.59. The van der Waals surface area contributed by atoms with Crippen molar-refractivity contribution in [3.8, 4) is 0 Å². The topological polar surface area (TPSA) is 107 Å². The lowest BCUT2D eigenvalue weighted by molar-refractivity contribution is 0.567. The molecule has 8 heteroatoms. The highest BCUT2D eigenvalue weighted by molar-refractivity contribution is 7.89. The number of hydrogen-bond acceptors (Lipinski definition) is 4. The van der Waals surface area contributed by atoms with Gasteiger partial charge in [-0.2, -0.15) is 0 Å². The zero-order chi connectivity index (χ0) is 14.8. The van der Waals surface area contributed by atoms with Crippen molar-refractivity contribution >= 4 is 21.1 Å². The molecule has 1 atom stereocenters. The predicted octanol–water partition coefficient (Wildman–Crippen LogP) is 0.0560. The SMILES string of the molecule is CNS(=O)(=O)CCNC(C)c1ccc2[nH]c(=O)[nH]c2c1. The van der Waals surface area contributed by atoms with Gasteiger partial charge < -0.3 is 15.3 Å². The van der Waals surface area contributed by atoms with Gasteiger partial charge in [-0.3, -0.25) is 0 Å². The van der Waals surface area contributed by atoms with Crippen LogP contribution < -0.4 is 15.7 Å². The monoisotopic (exact) mass is 298 g/mol. The molecule has 1 aromatic heterocycles. The molecule has 0 amide bonds. The van der Waals surface area contributed by atoms with Gasteiger partial charge in [-0.25, -0.2) is 17.9 Å². The van der Waals surface area contributed by atoms with Crippen LogP contribution in [-0.4, -0.2) is 37.7 Å². The standard InChI is InChI=1S/C12H18N4O3S/c1-8(14-5-6-20(18,19)13-2)9-3-4-10-11(7-9)16-12(17)15-10/h3-4,7-8,13-14H,5-6H2,1-2H3,(H2,15,16,17). The van der Waals surface area contributed by atoms with Gasteiger partial charge in [0.05, 0.1) is 16.8 Å². The number of imidazole rings is 1. The molecule has 1 unspecified atom stereocenters. The summed E-state index contributed by atoms with van der Waals surface area (Å²) in [5.41, 5.74) is 2.24. The van der Waals surface area contributed by atoms with Crippen LogP contribution in [0, 0.1) is 0 Å². The van der Waals surface area contributed by atoms with Crippen LogP contribution in [-0.2, 0) is 10.0 Å². The molecule has 110 valence electrons. The van der Waals surface area contributed by atoms with Crippen molar-refractivity contribution < 1.29 is 8.42 Å². The van der Waals surface area contributed by atoms with Crippen LogP contribution in [0.5, 0.6) is 0 Å². The maximum Gasteiger partial charge on any atom is 0.323 e. The summed E-state index contributed by atoms with van der Waals surface area (Å²) in [5.74, 6) is 0.0249. The number of sulfonamides is 1. The van der Waals surface area contributed by atoms with Crippen molar-refractivity contribution in [2.75, 3.05) is 19.3 Å². The number of aromatic amines is 2. The third-order valence-corrected chi connectivity index (χ3v) is 4.54.